The SMILES string of the molecule is CC1CCc2c(sc3nc(SCC(=O)Nc4cccc(C(F)(F)F)c4)n(-c4ccccc4)c(=O)c23)C1. The molecule has 0 saturated carbocycles. The van der Waals surface area contributed by atoms with Gasteiger partial charge in [-0.15, -0.1) is 11.3 Å². The molecule has 1 aliphatic carbocycles. The van der Waals surface area contributed by atoms with E-state index < -0.39 is 17.6 Å². The number of carbonyl (C=O) groups excluding carboxylic acids is 1. The van der Waals surface area contributed by atoms with Crippen LogP contribution in [0.1, 0.15) is 29.3 Å². The average molecular weight is 530 g/mol. The molecule has 0 fully saturated rings. The predicted molar refractivity (Wildman–Crippen MR) is 137 cm³/mol. The van der Waals surface area contributed by atoms with Crippen LogP contribution in [0.2, 0.25) is 0 Å². The van der Waals surface area contributed by atoms with Crippen molar-refractivity contribution in [1.82, 2.24) is 9.55 Å². The Morgan fingerprint density at radius 3 is 2.72 bits per heavy atom. The molecular formula is C26H22F3N3O2S2. The molecule has 0 spiro atoms. The van der Waals surface area contributed by atoms with Crippen LogP contribution in [-0.2, 0) is 23.8 Å². The maximum Gasteiger partial charge on any atom is 0.416 e. The minimum absolute atomic E-state index is 0.0549. The summed E-state index contributed by atoms with van der Waals surface area (Å²) >= 11 is 2.61. The Hall–Kier alpha value is -3.11. The highest BCUT2D eigenvalue weighted by molar-refractivity contribution is 7.99. The molecule has 1 amide bonds. The van der Waals surface area contributed by atoms with Crippen molar-refractivity contribution < 1.29 is 18.0 Å². The van der Waals surface area contributed by atoms with Gasteiger partial charge in [0.25, 0.3) is 5.56 Å². The Morgan fingerprint density at radius 2 is 1.97 bits per heavy atom. The number of thiophene rings is 1. The molecule has 0 radical (unpaired) electrons. The smallest absolute Gasteiger partial charge is 0.325 e. The van der Waals surface area contributed by atoms with Gasteiger partial charge in [-0.25, -0.2) is 4.98 Å². The lowest BCUT2D eigenvalue weighted by molar-refractivity contribution is -0.137. The molecule has 2 heterocycles. The molecule has 2 aromatic carbocycles. The average Bonchev–Trinajstić information content (AvgIpc) is 3.20. The number of nitrogens with one attached hydrogen (secondary N) is 1. The Balaban J connectivity index is 1.47. The van der Waals surface area contributed by atoms with Crippen molar-refractivity contribution >= 4 is 44.9 Å². The minimum Gasteiger partial charge on any atom is -0.325 e. The normalized spacial score (nSPS) is 15.6. The van der Waals surface area contributed by atoms with Crippen LogP contribution < -0.4 is 10.9 Å². The van der Waals surface area contributed by atoms with Crippen molar-refractivity contribution in [1.29, 1.82) is 0 Å². The van der Waals surface area contributed by atoms with Crippen LogP contribution >= 0.6 is 23.1 Å². The van der Waals surface area contributed by atoms with Crippen molar-refractivity contribution in [3.8, 4) is 5.69 Å². The fourth-order valence-corrected chi connectivity index (χ4v) is 6.61. The number of carbonyl (C=O) groups is 1. The summed E-state index contributed by atoms with van der Waals surface area (Å²) in [6, 6.07) is 13.6. The summed E-state index contributed by atoms with van der Waals surface area (Å²) in [5.41, 5.74) is 0.767. The van der Waals surface area contributed by atoms with Crippen molar-refractivity contribution in [2.45, 2.75) is 37.5 Å². The maximum absolute atomic E-state index is 13.7. The largest absolute Gasteiger partial charge is 0.416 e. The van der Waals surface area contributed by atoms with Gasteiger partial charge in [-0.2, -0.15) is 13.2 Å². The first-order valence-corrected chi connectivity index (χ1v) is 13.2. The van der Waals surface area contributed by atoms with Crippen LogP contribution in [0.4, 0.5) is 18.9 Å². The summed E-state index contributed by atoms with van der Waals surface area (Å²) in [5, 5.41) is 3.52. The van der Waals surface area contributed by atoms with E-state index in [9.17, 15) is 22.8 Å². The van der Waals surface area contributed by atoms with Gasteiger partial charge in [-0.3, -0.25) is 14.2 Å². The van der Waals surface area contributed by atoms with Crippen molar-refractivity contribution in [2.24, 2.45) is 5.92 Å². The van der Waals surface area contributed by atoms with Crippen LogP contribution in [0.3, 0.4) is 0 Å². The zero-order valence-corrected chi connectivity index (χ0v) is 20.9. The van der Waals surface area contributed by atoms with E-state index in [1.807, 2.05) is 30.3 Å². The topological polar surface area (TPSA) is 64.0 Å². The monoisotopic (exact) mass is 529 g/mol. The zero-order valence-electron chi connectivity index (χ0n) is 19.3. The van der Waals surface area contributed by atoms with E-state index in [2.05, 4.69) is 12.2 Å². The molecule has 0 bridgehead atoms. The summed E-state index contributed by atoms with van der Waals surface area (Å²) in [6.07, 6.45) is -1.72. The first-order chi connectivity index (χ1) is 17.2. The minimum atomic E-state index is -4.50. The molecule has 0 aliphatic heterocycles. The Bertz CT molecular complexity index is 1500. The van der Waals surface area contributed by atoms with Gasteiger partial charge in [0.1, 0.15) is 4.83 Å². The standard InChI is InChI=1S/C26H22F3N3O2S2/c1-15-10-11-19-20(12-15)36-23-22(19)24(34)32(18-8-3-2-4-9-18)25(31-23)35-14-21(33)30-17-7-5-6-16(13-17)26(27,28)29/h2-9,13,15H,10-12,14H2,1H3,(H,30,33). The van der Waals surface area contributed by atoms with Gasteiger partial charge in [0.2, 0.25) is 5.91 Å². The third-order valence-corrected chi connectivity index (χ3v) is 8.21. The number of nitrogens with zero attached hydrogens (tertiary/aromatic N) is 2. The number of alkyl halides is 3. The number of aryl methyl sites for hydroxylation is 1. The summed E-state index contributed by atoms with van der Waals surface area (Å²) in [5.74, 6) is -0.0637. The second kappa shape index (κ2) is 9.74. The zero-order chi connectivity index (χ0) is 25.4. The first kappa shape index (κ1) is 24.6. The molecule has 4 aromatic rings. The van der Waals surface area contributed by atoms with E-state index in [1.54, 1.807) is 0 Å². The number of benzene rings is 2. The summed E-state index contributed by atoms with van der Waals surface area (Å²) in [4.78, 5) is 33.0. The number of para-hydroxylation sites is 1. The van der Waals surface area contributed by atoms with E-state index in [4.69, 9.17) is 4.98 Å². The number of halogens is 3. The predicted octanol–water partition coefficient (Wildman–Crippen LogP) is 6.32. The number of hydrogen-bond donors (Lipinski definition) is 1. The Kier molecular flexibility index (Phi) is 6.65. The number of hydrogen-bond acceptors (Lipinski definition) is 5. The van der Waals surface area contributed by atoms with E-state index in [0.717, 1.165) is 48.7 Å². The fraction of sp³-hybridized carbons (Fsp3) is 0.269. The first-order valence-electron chi connectivity index (χ1n) is 11.4. The van der Waals surface area contributed by atoms with Gasteiger partial charge in [0.15, 0.2) is 5.16 Å². The van der Waals surface area contributed by atoms with Crippen molar-refractivity contribution in [2.75, 3.05) is 11.1 Å². The van der Waals surface area contributed by atoms with Crippen LogP contribution in [0.15, 0.2) is 64.5 Å². The third-order valence-electron chi connectivity index (χ3n) is 6.12. The second-order valence-corrected chi connectivity index (χ2v) is 10.8. The lowest BCUT2D eigenvalue weighted by Crippen LogP contribution is -2.23. The third kappa shape index (κ3) is 4.92. The van der Waals surface area contributed by atoms with Gasteiger partial charge >= 0.3 is 6.18 Å². The lowest BCUT2D eigenvalue weighted by atomic mass is 9.89. The van der Waals surface area contributed by atoms with Crippen LogP contribution in [0, 0.1) is 5.92 Å². The maximum atomic E-state index is 13.7. The lowest BCUT2D eigenvalue weighted by Gasteiger charge is -2.17. The number of rotatable bonds is 5. The molecule has 36 heavy (non-hydrogen) atoms. The van der Waals surface area contributed by atoms with E-state index >= 15 is 0 Å². The summed E-state index contributed by atoms with van der Waals surface area (Å²) in [6.45, 7) is 2.20. The van der Waals surface area contributed by atoms with Gasteiger partial charge in [-0.1, -0.05) is 43.0 Å². The number of aromatic nitrogens is 2. The van der Waals surface area contributed by atoms with E-state index in [-0.39, 0.29) is 17.0 Å². The molecule has 0 saturated heterocycles. The fourth-order valence-electron chi connectivity index (χ4n) is 4.37. The number of anilines is 1. The molecule has 186 valence electrons. The molecule has 10 heteroatoms. The van der Waals surface area contributed by atoms with Gasteiger partial charge in [0.05, 0.1) is 22.4 Å². The molecule has 1 N–H and O–H groups in total. The molecule has 1 unspecified atom stereocenters. The van der Waals surface area contributed by atoms with Gasteiger partial charge < -0.3 is 5.32 Å². The van der Waals surface area contributed by atoms with Crippen LogP contribution in [0.5, 0.6) is 0 Å². The molecule has 5 rings (SSSR count). The van der Waals surface area contributed by atoms with Crippen LogP contribution in [0.25, 0.3) is 15.9 Å². The summed E-state index contributed by atoms with van der Waals surface area (Å²) < 4.78 is 40.5. The molecule has 1 atom stereocenters. The van der Waals surface area contributed by atoms with Crippen LogP contribution in [-0.4, -0.2) is 21.2 Å². The second-order valence-electron chi connectivity index (χ2n) is 8.82. The molecule has 2 aromatic heterocycles. The molecule has 5 nitrogen and oxygen atoms in total. The van der Waals surface area contributed by atoms with Gasteiger partial charge in [0, 0.05) is 10.6 Å². The van der Waals surface area contributed by atoms with E-state index in [1.165, 1.54) is 32.9 Å². The highest BCUT2D eigenvalue weighted by Gasteiger charge is 2.30. The van der Waals surface area contributed by atoms with Crippen molar-refractivity contribution in [3.05, 3.63) is 81.0 Å². The molecule has 1 aliphatic rings. The highest BCUT2D eigenvalue weighted by Crippen LogP contribution is 2.37. The quantitative estimate of drug-likeness (QED) is 0.243. The number of thioether (sulfide) groups is 1. The summed E-state index contributed by atoms with van der Waals surface area (Å²) in [7, 11) is 0. The van der Waals surface area contributed by atoms with E-state index in [0.29, 0.717) is 27.0 Å². The highest BCUT2D eigenvalue weighted by atomic mass is 32.2. The van der Waals surface area contributed by atoms with Gasteiger partial charge in [-0.05, 0) is 61.1 Å². The van der Waals surface area contributed by atoms with Crippen molar-refractivity contribution in [3.63, 3.8) is 0 Å². The Morgan fingerprint density at radius 1 is 1.19 bits per heavy atom. The molecular weight excluding hydrogens is 507 g/mol. The Labute approximate surface area is 213 Å². The number of amides is 1. The number of fused-ring (bicyclic) bond motifs is 3.